The smallest absolute Gasteiger partial charge is 0.0478 e. The van der Waals surface area contributed by atoms with Crippen molar-refractivity contribution in [2.45, 2.75) is 39.0 Å². The summed E-state index contributed by atoms with van der Waals surface area (Å²) in [5, 5.41) is 0. The van der Waals surface area contributed by atoms with E-state index in [9.17, 15) is 8.76 Å². The Morgan fingerprint density at radius 1 is 1.21 bits per heavy atom. The van der Waals surface area contributed by atoms with E-state index in [1.165, 1.54) is 19.3 Å². The van der Waals surface area contributed by atoms with Crippen LogP contribution in [0.3, 0.4) is 0 Å². The molecule has 0 spiro atoms. The van der Waals surface area contributed by atoms with Crippen molar-refractivity contribution < 1.29 is 13.5 Å². The van der Waals surface area contributed by atoms with E-state index in [2.05, 4.69) is 11.6 Å². The molecule has 1 atom stereocenters. The van der Waals surface area contributed by atoms with Gasteiger partial charge in [0.25, 0.3) is 0 Å². The van der Waals surface area contributed by atoms with E-state index in [0.717, 1.165) is 19.4 Å². The molecule has 0 aromatic rings. The molecule has 1 unspecified atom stereocenters. The first-order chi connectivity index (χ1) is 6.77. The van der Waals surface area contributed by atoms with Crippen LogP contribution in [-0.4, -0.2) is 28.5 Å². The summed E-state index contributed by atoms with van der Waals surface area (Å²) < 4.78 is 27.7. The van der Waals surface area contributed by atoms with Crippen molar-refractivity contribution >= 4 is 11.3 Å². The number of unbranched alkanes of at least 4 members (excludes halogenated alkanes) is 3. The predicted molar refractivity (Wildman–Crippen MR) is 56.5 cm³/mol. The lowest BCUT2D eigenvalue weighted by atomic mass is 10.2. The van der Waals surface area contributed by atoms with Gasteiger partial charge in [-0.1, -0.05) is 26.2 Å². The fraction of sp³-hybridized carbons (Fsp3) is 1.00. The van der Waals surface area contributed by atoms with Crippen LogP contribution in [0.25, 0.3) is 0 Å². The Hall–Kier alpha value is 0.0300. The van der Waals surface area contributed by atoms with E-state index in [4.69, 9.17) is 4.74 Å². The van der Waals surface area contributed by atoms with Crippen LogP contribution in [0.1, 0.15) is 39.0 Å². The van der Waals surface area contributed by atoms with Crippen LogP contribution in [0, 0.1) is 0 Å². The summed E-state index contributed by atoms with van der Waals surface area (Å²) in [6, 6.07) is 0. The van der Waals surface area contributed by atoms with Gasteiger partial charge in [-0.3, -0.25) is 4.21 Å². The van der Waals surface area contributed by atoms with Crippen molar-refractivity contribution in [1.82, 2.24) is 4.72 Å². The van der Waals surface area contributed by atoms with Gasteiger partial charge in [0, 0.05) is 31.0 Å². The van der Waals surface area contributed by atoms with Crippen LogP contribution in [0.15, 0.2) is 0 Å². The van der Waals surface area contributed by atoms with E-state index in [-0.39, 0.29) is 0 Å². The molecule has 0 aliphatic heterocycles. The molecule has 0 saturated carbocycles. The zero-order chi connectivity index (χ0) is 10.6. The molecule has 86 valence electrons. The molecule has 1 N–H and O–H groups in total. The number of ether oxygens (including phenoxy) is 1. The molecule has 0 aliphatic rings. The zero-order valence-electron chi connectivity index (χ0n) is 8.79. The zero-order valence-corrected chi connectivity index (χ0v) is 9.61. The van der Waals surface area contributed by atoms with E-state index >= 15 is 0 Å². The van der Waals surface area contributed by atoms with Gasteiger partial charge in [-0.15, -0.1) is 0 Å². The fourth-order valence-electron chi connectivity index (χ4n) is 1.06. The van der Waals surface area contributed by atoms with E-state index in [1.54, 1.807) is 0 Å². The van der Waals surface area contributed by atoms with Crippen LogP contribution >= 0.6 is 0 Å². The second kappa shape index (κ2) is 11.1. The maximum Gasteiger partial charge on any atom is 0.0478 e. The lowest BCUT2D eigenvalue weighted by Gasteiger charge is -2.07. The molecular weight excluding hydrogens is 202 g/mol. The fourth-order valence-corrected chi connectivity index (χ4v) is 1.37. The first-order valence-electron chi connectivity index (χ1n) is 5.18. The highest BCUT2D eigenvalue weighted by atomic mass is 32.2. The van der Waals surface area contributed by atoms with Gasteiger partial charge in [0.15, 0.2) is 0 Å². The van der Waals surface area contributed by atoms with Gasteiger partial charge < -0.3 is 9.29 Å². The maximum atomic E-state index is 10.1. The minimum Gasteiger partial charge on any atom is -0.760 e. The summed E-state index contributed by atoms with van der Waals surface area (Å²) in [5.74, 6) is 0. The van der Waals surface area contributed by atoms with E-state index in [0.29, 0.717) is 13.2 Å². The van der Waals surface area contributed by atoms with Crippen molar-refractivity contribution in [3.05, 3.63) is 0 Å². The summed E-state index contributed by atoms with van der Waals surface area (Å²) in [4.78, 5) is 0. The van der Waals surface area contributed by atoms with Crippen LogP contribution in [-0.2, 0) is 16.0 Å². The molecular formula is C9H20NO3S-. The van der Waals surface area contributed by atoms with Gasteiger partial charge >= 0.3 is 0 Å². The molecule has 0 aliphatic carbocycles. The molecule has 0 aromatic heterocycles. The first kappa shape index (κ1) is 14.0. The largest absolute Gasteiger partial charge is 0.760 e. The van der Waals surface area contributed by atoms with Crippen LogP contribution in [0.5, 0.6) is 0 Å². The molecule has 0 aromatic carbocycles. The van der Waals surface area contributed by atoms with E-state index in [1.807, 2.05) is 0 Å². The third kappa shape index (κ3) is 12.0. The minimum atomic E-state index is -2.13. The van der Waals surface area contributed by atoms with Gasteiger partial charge in [-0.25, -0.2) is 4.72 Å². The maximum absolute atomic E-state index is 10.1. The third-order valence-electron chi connectivity index (χ3n) is 1.83. The normalized spacial score (nSPS) is 13.0. The molecule has 14 heavy (non-hydrogen) atoms. The summed E-state index contributed by atoms with van der Waals surface area (Å²) in [7, 11) is 0. The number of rotatable bonds is 10. The summed E-state index contributed by atoms with van der Waals surface area (Å²) in [6.45, 7) is 4.07. The van der Waals surface area contributed by atoms with Gasteiger partial charge in [0.1, 0.15) is 0 Å². The highest BCUT2D eigenvalue weighted by molar-refractivity contribution is 7.77. The van der Waals surface area contributed by atoms with Crippen molar-refractivity contribution in [3.63, 3.8) is 0 Å². The molecule has 0 radical (unpaired) electrons. The van der Waals surface area contributed by atoms with Crippen molar-refractivity contribution in [2.24, 2.45) is 0 Å². The van der Waals surface area contributed by atoms with Gasteiger partial charge in [0.2, 0.25) is 0 Å². The average Bonchev–Trinajstić information content (AvgIpc) is 2.15. The second-order valence-electron chi connectivity index (χ2n) is 3.16. The molecule has 0 heterocycles. The number of nitrogens with one attached hydrogen (secondary N) is 1. The molecule has 0 bridgehead atoms. The Kier molecular flexibility index (Phi) is 11.1. The monoisotopic (exact) mass is 222 g/mol. The van der Waals surface area contributed by atoms with Gasteiger partial charge in [0.05, 0.1) is 0 Å². The van der Waals surface area contributed by atoms with Gasteiger partial charge in [-0.2, -0.15) is 0 Å². The molecule has 5 heteroatoms. The predicted octanol–water partition coefficient (Wildman–Crippen LogP) is 1.36. The summed E-state index contributed by atoms with van der Waals surface area (Å²) in [6.07, 6.45) is 5.56. The Balaban J connectivity index is 2.88. The molecule has 0 saturated heterocycles. The molecule has 0 fully saturated rings. The quantitative estimate of drug-likeness (QED) is 0.448. The van der Waals surface area contributed by atoms with Gasteiger partial charge in [-0.05, 0) is 12.8 Å². The Labute approximate surface area is 88.8 Å². The number of hydrogen-bond acceptors (Lipinski definition) is 3. The Morgan fingerprint density at radius 3 is 2.57 bits per heavy atom. The topological polar surface area (TPSA) is 61.4 Å². The summed E-state index contributed by atoms with van der Waals surface area (Å²) >= 11 is -2.13. The Bertz CT molecular complexity index is 144. The van der Waals surface area contributed by atoms with Crippen LogP contribution in [0.2, 0.25) is 0 Å². The Morgan fingerprint density at radius 2 is 1.93 bits per heavy atom. The molecule has 0 amide bonds. The lowest BCUT2D eigenvalue weighted by Crippen LogP contribution is -2.19. The lowest BCUT2D eigenvalue weighted by molar-refractivity contribution is 0.128. The van der Waals surface area contributed by atoms with Crippen LogP contribution < -0.4 is 4.72 Å². The highest BCUT2D eigenvalue weighted by Gasteiger charge is 1.90. The number of hydrogen-bond donors (Lipinski definition) is 1. The third-order valence-corrected chi connectivity index (χ3v) is 2.27. The minimum absolute atomic E-state index is 0.463. The van der Waals surface area contributed by atoms with E-state index < -0.39 is 11.3 Å². The van der Waals surface area contributed by atoms with Crippen molar-refractivity contribution in [1.29, 1.82) is 0 Å². The van der Waals surface area contributed by atoms with Crippen LogP contribution in [0.4, 0.5) is 0 Å². The SMILES string of the molecule is CCCCCCOCCCNS(=O)[O-]. The standard InChI is InChI=1S/C9H21NO3S/c1-2-3-4-5-8-13-9-6-7-10-14(11)12/h10H,2-9H2,1H3,(H,11,12)/p-1. The summed E-state index contributed by atoms with van der Waals surface area (Å²) in [5.41, 5.74) is 0. The highest BCUT2D eigenvalue weighted by Crippen LogP contribution is 1.98. The average molecular weight is 222 g/mol. The molecule has 4 nitrogen and oxygen atoms in total. The first-order valence-corrected chi connectivity index (χ1v) is 6.25. The molecule has 0 rings (SSSR count). The van der Waals surface area contributed by atoms with Crippen molar-refractivity contribution in [3.8, 4) is 0 Å². The second-order valence-corrected chi connectivity index (χ2v) is 3.91. The van der Waals surface area contributed by atoms with Crippen molar-refractivity contribution in [2.75, 3.05) is 19.8 Å².